The summed E-state index contributed by atoms with van der Waals surface area (Å²) in [5, 5.41) is 0. The van der Waals surface area contributed by atoms with E-state index in [2.05, 4.69) is 0 Å². The number of ether oxygens (including phenoxy) is 1. The third-order valence-corrected chi connectivity index (χ3v) is 8.33. The lowest BCUT2D eigenvalue weighted by Crippen LogP contribution is -2.40. The van der Waals surface area contributed by atoms with Gasteiger partial charge in [-0.2, -0.15) is 4.31 Å². The molecular weight excluding hydrogens is 428 g/mol. The average Bonchev–Trinajstić information content (AvgIpc) is 3.06. The second-order valence-electron chi connectivity index (χ2n) is 8.48. The minimum absolute atomic E-state index is 0.221. The molecule has 0 amide bonds. The molecule has 1 aromatic heterocycles. The van der Waals surface area contributed by atoms with Gasteiger partial charge in [0, 0.05) is 36.6 Å². The average molecular weight is 461 g/mol. The number of carbonyl (C=O) groups excluding carboxylic acids is 2. The third kappa shape index (κ3) is 4.81. The van der Waals surface area contributed by atoms with Gasteiger partial charge in [0.15, 0.2) is 6.61 Å². The molecule has 0 atom stereocenters. The molecule has 1 fully saturated rings. The first-order chi connectivity index (χ1) is 15.1. The molecule has 174 valence electrons. The third-order valence-electron chi connectivity index (χ3n) is 6.44. The van der Waals surface area contributed by atoms with E-state index in [4.69, 9.17) is 4.74 Å². The molecule has 0 saturated carbocycles. The molecule has 1 saturated heterocycles. The van der Waals surface area contributed by atoms with Crippen molar-refractivity contribution in [1.29, 1.82) is 0 Å². The molecule has 0 radical (unpaired) electrons. The van der Waals surface area contributed by atoms with Crippen LogP contribution in [0.5, 0.6) is 0 Å². The highest BCUT2D eigenvalue weighted by molar-refractivity contribution is 7.89. The fourth-order valence-corrected chi connectivity index (χ4v) is 5.81. The minimum atomic E-state index is -3.60. The summed E-state index contributed by atoms with van der Waals surface area (Å²) in [5.74, 6) is -1.07. The normalized spacial score (nSPS) is 15.7. The van der Waals surface area contributed by atoms with Crippen LogP contribution in [0.1, 0.15) is 52.6 Å². The number of ketones is 1. The largest absolute Gasteiger partial charge is 0.457 e. The number of hydrogen-bond donors (Lipinski definition) is 0. The van der Waals surface area contributed by atoms with Crippen LogP contribution in [0.4, 0.5) is 0 Å². The van der Waals surface area contributed by atoms with E-state index in [1.807, 2.05) is 45.3 Å². The van der Waals surface area contributed by atoms with Gasteiger partial charge in [0.1, 0.15) is 0 Å². The molecule has 3 rings (SSSR count). The Labute approximate surface area is 190 Å². The van der Waals surface area contributed by atoms with Crippen LogP contribution < -0.4 is 0 Å². The Morgan fingerprint density at radius 2 is 1.69 bits per heavy atom. The maximum atomic E-state index is 12.9. The quantitative estimate of drug-likeness (QED) is 0.466. The van der Waals surface area contributed by atoms with Crippen LogP contribution in [-0.2, 0) is 26.1 Å². The highest BCUT2D eigenvalue weighted by Crippen LogP contribution is 2.26. The highest BCUT2D eigenvalue weighted by atomic mass is 32.2. The van der Waals surface area contributed by atoms with Gasteiger partial charge in [-0.25, -0.2) is 8.42 Å². The summed E-state index contributed by atoms with van der Waals surface area (Å²) in [6.07, 6.45) is 0.753. The Morgan fingerprint density at radius 1 is 1.03 bits per heavy atom. The number of nitrogens with zero attached hydrogens (tertiary/aromatic N) is 2. The smallest absolute Gasteiger partial charge is 0.309 e. The first kappa shape index (κ1) is 24.2. The number of aromatic nitrogens is 1. The Hall–Kier alpha value is -2.45. The maximum absolute atomic E-state index is 12.9. The fourth-order valence-electron chi connectivity index (χ4n) is 4.26. The van der Waals surface area contributed by atoms with Crippen molar-refractivity contribution in [1.82, 2.24) is 8.87 Å². The first-order valence-electron chi connectivity index (χ1n) is 11.0. The molecule has 1 aromatic carbocycles. The van der Waals surface area contributed by atoms with Gasteiger partial charge in [-0.15, -0.1) is 0 Å². The van der Waals surface area contributed by atoms with E-state index in [1.54, 1.807) is 18.2 Å². The molecule has 8 heteroatoms. The first-order valence-corrected chi connectivity index (χ1v) is 12.4. The van der Waals surface area contributed by atoms with Gasteiger partial charge < -0.3 is 9.30 Å². The topological polar surface area (TPSA) is 85.7 Å². The number of carbonyl (C=O) groups is 2. The summed E-state index contributed by atoms with van der Waals surface area (Å²) in [6.45, 7) is 10.6. The molecule has 0 unspecified atom stereocenters. The molecule has 0 aliphatic carbocycles. The predicted molar refractivity (Wildman–Crippen MR) is 122 cm³/mol. The summed E-state index contributed by atoms with van der Waals surface area (Å²) in [4.78, 5) is 25.3. The van der Waals surface area contributed by atoms with Crippen LogP contribution in [-0.4, -0.2) is 48.7 Å². The molecule has 7 nitrogen and oxygen atoms in total. The van der Waals surface area contributed by atoms with Crippen LogP contribution >= 0.6 is 0 Å². The summed E-state index contributed by atoms with van der Waals surface area (Å²) in [7, 11) is -3.60. The van der Waals surface area contributed by atoms with E-state index in [-0.39, 0.29) is 30.4 Å². The molecule has 1 aliphatic rings. The second-order valence-corrected chi connectivity index (χ2v) is 10.4. The number of hydrogen-bond acceptors (Lipinski definition) is 5. The molecule has 0 bridgehead atoms. The van der Waals surface area contributed by atoms with E-state index < -0.39 is 21.9 Å². The van der Waals surface area contributed by atoms with Crippen molar-refractivity contribution in [3.8, 4) is 0 Å². The van der Waals surface area contributed by atoms with Gasteiger partial charge in [-0.3, -0.25) is 9.59 Å². The van der Waals surface area contributed by atoms with Crippen LogP contribution in [0.25, 0.3) is 0 Å². The van der Waals surface area contributed by atoms with E-state index in [9.17, 15) is 18.0 Å². The number of aryl methyl sites for hydroxylation is 3. The Balaban J connectivity index is 1.56. The molecular formula is C24H32N2O5S. The van der Waals surface area contributed by atoms with E-state index in [1.165, 1.54) is 4.31 Å². The predicted octanol–water partition coefficient (Wildman–Crippen LogP) is 3.57. The zero-order chi connectivity index (χ0) is 23.6. The van der Waals surface area contributed by atoms with Gasteiger partial charge in [0.05, 0.1) is 10.8 Å². The molecule has 2 heterocycles. The van der Waals surface area contributed by atoms with Crippen molar-refractivity contribution in [2.45, 2.75) is 58.9 Å². The number of piperidine rings is 1. The lowest BCUT2D eigenvalue weighted by molar-refractivity contribution is -0.148. The summed E-state index contributed by atoms with van der Waals surface area (Å²) >= 11 is 0. The van der Waals surface area contributed by atoms with Crippen LogP contribution in [0.15, 0.2) is 29.2 Å². The Morgan fingerprint density at radius 3 is 2.25 bits per heavy atom. The molecule has 0 N–H and O–H groups in total. The van der Waals surface area contributed by atoms with Crippen molar-refractivity contribution < 1.29 is 22.7 Å². The fraction of sp³-hybridized carbons (Fsp3) is 0.500. The molecule has 1 aliphatic heterocycles. The second kappa shape index (κ2) is 9.58. The van der Waals surface area contributed by atoms with Gasteiger partial charge in [-0.05, 0) is 76.8 Å². The van der Waals surface area contributed by atoms with Crippen LogP contribution in [0.3, 0.4) is 0 Å². The summed E-state index contributed by atoms with van der Waals surface area (Å²) < 4.78 is 34.7. The van der Waals surface area contributed by atoms with Crippen LogP contribution in [0.2, 0.25) is 0 Å². The lowest BCUT2D eigenvalue weighted by Gasteiger charge is -2.30. The minimum Gasteiger partial charge on any atom is -0.457 e. The molecule has 2 aromatic rings. The monoisotopic (exact) mass is 460 g/mol. The lowest BCUT2D eigenvalue weighted by atomic mass is 9.98. The zero-order valence-electron chi connectivity index (χ0n) is 19.5. The van der Waals surface area contributed by atoms with Crippen molar-refractivity contribution in [3.05, 3.63) is 52.3 Å². The zero-order valence-corrected chi connectivity index (χ0v) is 20.3. The van der Waals surface area contributed by atoms with Crippen molar-refractivity contribution in [2.24, 2.45) is 5.92 Å². The highest BCUT2D eigenvalue weighted by Gasteiger charge is 2.33. The summed E-state index contributed by atoms with van der Waals surface area (Å²) in [6, 6.07) is 6.94. The number of Topliss-reactive ketones (excluding diaryl/α,β-unsaturated/α-hetero) is 1. The molecule has 32 heavy (non-hydrogen) atoms. The Kier molecular flexibility index (Phi) is 7.25. The van der Waals surface area contributed by atoms with E-state index in [0.717, 1.165) is 29.1 Å². The van der Waals surface area contributed by atoms with Crippen molar-refractivity contribution in [2.75, 3.05) is 19.7 Å². The SMILES string of the molecule is CCn1c(C)cc(C(=O)COC(=O)C2CCN(S(=O)(=O)c3ccc(C)c(C)c3)CC2)c1C. The molecule has 0 spiro atoms. The maximum Gasteiger partial charge on any atom is 0.309 e. The summed E-state index contributed by atoms with van der Waals surface area (Å²) in [5.41, 5.74) is 4.41. The van der Waals surface area contributed by atoms with E-state index >= 15 is 0 Å². The Bertz CT molecular complexity index is 1130. The standard InChI is InChI=1S/C24H32N2O5S/c1-6-26-18(4)14-22(19(26)5)23(27)15-31-24(28)20-9-11-25(12-10-20)32(29,30)21-8-7-16(2)17(3)13-21/h7-8,13-14,20H,6,9-12,15H2,1-5H3. The van der Waals surface area contributed by atoms with Gasteiger partial charge in [0.25, 0.3) is 0 Å². The number of benzene rings is 1. The van der Waals surface area contributed by atoms with E-state index in [0.29, 0.717) is 18.4 Å². The van der Waals surface area contributed by atoms with Crippen LogP contribution in [0, 0.1) is 33.6 Å². The van der Waals surface area contributed by atoms with Gasteiger partial charge in [0.2, 0.25) is 15.8 Å². The van der Waals surface area contributed by atoms with Gasteiger partial charge >= 0.3 is 5.97 Å². The van der Waals surface area contributed by atoms with Crippen molar-refractivity contribution in [3.63, 3.8) is 0 Å². The number of esters is 1. The number of sulfonamides is 1. The van der Waals surface area contributed by atoms with Gasteiger partial charge in [-0.1, -0.05) is 6.07 Å². The number of rotatable bonds is 7. The van der Waals surface area contributed by atoms with Crippen molar-refractivity contribution >= 4 is 21.8 Å².